The van der Waals surface area contributed by atoms with E-state index in [0.29, 0.717) is 6.42 Å². The van der Waals surface area contributed by atoms with Crippen LogP contribution in [0.5, 0.6) is 0 Å². The standard InChI is InChI=1S/C37H70O3/c1-7-9-10-11-12-13-14-17-20-23-26-29-34(40-35(39)8-2)30-27-24-21-18-15-16-19-22-25-28-31-36(3,4)32-37(5,6)33-38/h10-11,22,25,34,38H,7-9,12-21,23-24,26-33H2,1-6H3/b11-10-,25-22-. The molecule has 1 N–H and O–H groups in total. The first-order valence-corrected chi connectivity index (χ1v) is 17.3. The number of esters is 1. The van der Waals surface area contributed by atoms with Crippen molar-refractivity contribution < 1.29 is 14.6 Å². The van der Waals surface area contributed by atoms with E-state index in [1.165, 1.54) is 109 Å². The van der Waals surface area contributed by atoms with Crippen LogP contribution in [0.3, 0.4) is 0 Å². The molecule has 1 unspecified atom stereocenters. The lowest BCUT2D eigenvalue weighted by Gasteiger charge is -2.33. The Hall–Kier alpha value is -1.09. The molecule has 0 aliphatic carbocycles. The lowest BCUT2D eigenvalue weighted by Crippen LogP contribution is -2.26. The lowest BCUT2D eigenvalue weighted by molar-refractivity contribution is -0.149. The van der Waals surface area contributed by atoms with Crippen molar-refractivity contribution in [3.63, 3.8) is 0 Å². The first-order chi connectivity index (χ1) is 19.2. The highest BCUT2D eigenvalue weighted by Crippen LogP contribution is 2.36. The second-order valence-electron chi connectivity index (χ2n) is 13.8. The zero-order chi connectivity index (χ0) is 30.0. The summed E-state index contributed by atoms with van der Waals surface area (Å²) < 4.78 is 5.77. The van der Waals surface area contributed by atoms with Crippen LogP contribution in [0.4, 0.5) is 0 Å². The Morgan fingerprint density at radius 2 is 1.10 bits per heavy atom. The molecule has 0 aromatic rings. The third kappa shape index (κ3) is 25.8. The molecular weight excluding hydrogens is 492 g/mol. The van der Waals surface area contributed by atoms with Crippen molar-refractivity contribution in [3.05, 3.63) is 24.3 Å². The predicted octanol–water partition coefficient (Wildman–Crippen LogP) is 11.7. The zero-order valence-electron chi connectivity index (χ0n) is 27.9. The molecule has 0 aliphatic rings. The van der Waals surface area contributed by atoms with E-state index >= 15 is 0 Å². The van der Waals surface area contributed by atoms with Gasteiger partial charge in [-0.3, -0.25) is 4.79 Å². The molecule has 3 heteroatoms. The van der Waals surface area contributed by atoms with Gasteiger partial charge in [-0.15, -0.1) is 0 Å². The second kappa shape index (κ2) is 25.6. The minimum atomic E-state index is -0.0354. The fourth-order valence-electron chi connectivity index (χ4n) is 5.77. The fraction of sp³-hybridized carbons (Fsp3) is 0.865. The van der Waals surface area contributed by atoms with Crippen molar-refractivity contribution in [2.45, 2.75) is 189 Å². The number of ether oxygens (including phenoxy) is 1. The quantitative estimate of drug-likeness (QED) is 0.0586. The molecule has 236 valence electrons. The Balaban J connectivity index is 3.85. The summed E-state index contributed by atoms with van der Waals surface area (Å²) in [6, 6.07) is 0. The lowest BCUT2D eigenvalue weighted by atomic mass is 9.73. The van der Waals surface area contributed by atoms with Crippen LogP contribution in [0.25, 0.3) is 0 Å². The highest BCUT2D eigenvalue weighted by atomic mass is 16.5. The van der Waals surface area contributed by atoms with E-state index in [-0.39, 0.29) is 29.5 Å². The van der Waals surface area contributed by atoms with E-state index in [1.54, 1.807) is 0 Å². The van der Waals surface area contributed by atoms with Crippen molar-refractivity contribution in [1.29, 1.82) is 0 Å². The van der Waals surface area contributed by atoms with E-state index in [1.807, 2.05) is 6.92 Å². The Kier molecular flexibility index (Phi) is 24.9. The zero-order valence-corrected chi connectivity index (χ0v) is 27.9. The van der Waals surface area contributed by atoms with E-state index < -0.39 is 0 Å². The van der Waals surface area contributed by atoms with Gasteiger partial charge in [0, 0.05) is 13.0 Å². The number of allylic oxidation sites excluding steroid dienone is 4. The van der Waals surface area contributed by atoms with Gasteiger partial charge in [-0.1, -0.05) is 124 Å². The molecule has 0 heterocycles. The number of hydrogen-bond acceptors (Lipinski definition) is 3. The van der Waals surface area contributed by atoms with Gasteiger partial charge in [0.15, 0.2) is 0 Å². The molecule has 1 atom stereocenters. The minimum absolute atomic E-state index is 0.0128. The van der Waals surface area contributed by atoms with Gasteiger partial charge in [0.05, 0.1) is 0 Å². The number of aliphatic hydroxyl groups excluding tert-OH is 1. The number of hydrogen-bond donors (Lipinski definition) is 1. The van der Waals surface area contributed by atoms with Gasteiger partial charge >= 0.3 is 5.97 Å². The molecule has 0 rings (SSSR count). The third-order valence-electron chi connectivity index (χ3n) is 8.04. The van der Waals surface area contributed by atoms with Crippen LogP contribution in [0, 0.1) is 10.8 Å². The molecule has 0 amide bonds. The molecule has 0 aromatic carbocycles. The smallest absolute Gasteiger partial charge is 0.305 e. The number of aliphatic hydroxyl groups is 1. The average Bonchev–Trinajstić information content (AvgIpc) is 2.91. The molecule has 0 fully saturated rings. The van der Waals surface area contributed by atoms with Gasteiger partial charge < -0.3 is 9.84 Å². The number of rotatable bonds is 28. The molecule has 3 nitrogen and oxygen atoms in total. The fourth-order valence-corrected chi connectivity index (χ4v) is 5.77. The SMILES string of the molecule is CCC/C=C\CCCCCCCCC(CCCCCCCC/C=C\CCC(C)(C)CC(C)(C)CO)OC(=O)CC. The molecule has 0 radical (unpaired) electrons. The maximum atomic E-state index is 11.9. The summed E-state index contributed by atoms with van der Waals surface area (Å²) in [5.41, 5.74) is 0.286. The van der Waals surface area contributed by atoms with E-state index in [4.69, 9.17) is 4.74 Å². The van der Waals surface area contributed by atoms with Gasteiger partial charge in [-0.25, -0.2) is 0 Å². The first kappa shape index (κ1) is 38.9. The van der Waals surface area contributed by atoms with Gasteiger partial charge in [0.25, 0.3) is 0 Å². The highest BCUT2D eigenvalue weighted by Gasteiger charge is 2.27. The largest absolute Gasteiger partial charge is 0.462 e. The van der Waals surface area contributed by atoms with Crippen LogP contribution in [-0.2, 0) is 9.53 Å². The summed E-state index contributed by atoms with van der Waals surface area (Å²) in [5, 5.41) is 9.54. The Bertz CT molecular complexity index is 631. The van der Waals surface area contributed by atoms with E-state index in [0.717, 1.165) is 25.7 Å². The number of carbonyl (C=O) groups excluding carboxylic acids is 1. The van der Waals surface area contributed by atoms with Crippen LogP contribution in [0.15, 0.2) is 24.3 Å². The number of unbranched alkanes of at least 4 members (excludes halogenated alkanes) is 13. The van der Waals surface area contributed by atoms with Crippen LogP contribution in [0.1, 0.15) is 183 Å². The Labute approximate surface area is 251 Å². The van der Waals surface area contributed by atoms with Crippen molar-refractivity contribution in [3.8, 4) is 0 Å². The number of carbonyl (C=O) groups is 1. The highest BCUT2D eigenvalue weighted by molar-refractivity contribution is 5.69. The van der Waals surface area contributed by atoms with Gasteiger partial charge in [0.1, 0.15) is 6.10 Å². The molecule has 0 aliphatic heterocycles. The van der Waals surface area contributed by atoms with Crippen LogP contribution in [0.2, 0.25) is 0 Å². The van der Waals surface area contributed by atoms with Crippen molar-refractivity contribution in [2.24, 2.45) is 10.8 Å². The van der Waals surface area contributed by atoms with Crippen molar-refractivity contribution in [2.75, 3.05) is 6.61 Å². The summed E-state index contributed by atoms with van der Waals surface area (Å²) in [5.74, 6) is -0.0354. The van der Waals surface area contributed by atoms with Gasteiger partial charge in [-0.05, 0) is 87.9 Å². The monoisotopic (exact) mass is 563 g/mol. The maximum absolute atomic E-state index is 11.9. The normalized spacial score (nSPS) is 13.5. The molecule has 0 saturated heterocycles. The van der Waals surface area contributed by atoms with Gasteiger partial charge in [-0.2, -0.15) is 0 Å². The summed E-state index contributed by atoms with van der Waals surface area (Å²) in [7, 11) is 0. The van der Waals surface area contributed by atoms with Crippen LogP contribution >= 0.6 is 0 Å². The topological polar surface area (TPSA) is 46.5 Å². The maximum Gasteiger partial charge on any atom is 0.305 e. The van der Waals surface area contributed by atoms with E-state index in [2.05, 4.69) is 58.9 Å². The van der Waals surface area contributed by atoms with Crippen molar-refractivity contribution in [1.82, 2.24) is 0 Å². The molecule has 0 spiro atoms. The Morgan fingerprint density at radius 1 is 0.650 bits per heavy atom. The Morgan fingerprint density at radius 3 is 1.57 bits per heavy atom. The first-order valence-electron chi connectivity index (χ1n) is 17.3. The second-order valence-corrected chi connectivity index (χ2v) is 13.8. The summed E-state index contributed by atoms with van der Waals surface area (Å²) in [4.78, 5) is 11.9. The summed E-state index contributed by atoms with van der Waals surface area (Å²) >= 11 is 0. The van der Waals surface area contributed by atoms with Crippen LogP contribution in [-0.4, -0.2) is 23.8 Å². The summed E-state index contributed by atoms with van der Waals surface area (Å²) in [6.07, 6.45) is 35.7. The van der Waals surface area contributed by atoms with E-state index in [9.17, 15) is 9.90 Å². The molecule has 0 bridgehead atoms. The average molecular weight is 563 g/mol. The van der Waals surface area contributed by atoms with Crippen LogP contribution < -0.4 is 0 Å². The molecule has 0 saturated carbocycles. The minimum Gasteiger partial charge on any atom is -0.462 e. The summed E-state index contributed by atoms with van der Waals surface area (Å²) in [6.45, 7) is 13.3. The molecule has 40 heavy (non-hydrogen) atoms. The molecule has 0 aromatic heterocycles. The van der Waals surface area contributed by atoms with Gasteiger partial charge in [0.2, 0.25) is 0 Å². The van der Waals surface area contributed by atoms with Crippen molar-refractivity contribution >= 4 is 5.97 Å². The third-order valence-corrected chi connectivity index (χ3v) is 8.04. The molecular formula is C37H70O3. The predicted molar refractivity (Wildman–Crippen MR) is 176 cm³/mol.